The summed E-state index contributed by atoms with van der Waals surface area (Å²) in [5.41, 5.74) is 0. The van der Waals surface area contributed by atoms with E-state index in [1.165, 1.54) is 0 Å². The monoisotopic (exact) mass is 264 g/mol. The fraction of sp³-hybridized carbons (Fsp3) is 0.438. The Labute approximate surface area is 115 Å². The molecule has 0 aromatic heterocycles. The number of aliphatic hydroxyl groups is 1. The van der Waals surface area contributed by atoms with Crippen molar-refractivity contribution in [1.82, 2.24) is 0 Å². The van der Waals surface area contributed by atoms with Gasteiger partial charge in [0.2, 0.25) is 0 Å². The third-order valence-corrected chi connectivity index (χ3v) is 2.32. The van der Waals surface area contributed by atoms with Gasteiger partial charge in [-0.15, -0.1) is 0 Å². The molecule has 0 aromatic rings. The van der Waals surface area contributed by atoms with Gasteiger partial charge in [-0.05, 0) is 25.7 Å². The van der Waals surface area contributed by atoms with Crippen molar-refractivity contribution in [3.05, 3.63) is 48.6 Å². The van der Waals surface area contributed by atoms with Gasteiger partial charge in [0.15, 0.2) is 0 Å². The van der Waals surface area contributed by atoms with Crippen molar-refractivity contribution >= 4 is 5.97 Å². The van der Waals surface area contributed by atoms with Crippen LogP contribution in [0, 0.1) is 0 Å². The van der Waals surface area contributed by atoms with Crippen molar-refractivity contribution < 1.29 is 15.0 Å². The van der Waals surface area contributed by atoms with Gasteiger partial charge in [0.1, 0.15) is 0 Å². The Morgan fingerprint density at radius 3 is 2.58 bits per heavy atom. The summed E-state index contributed by atoms with van der Waals surface area (Å²) in [6.45, 7) is 2.06. The lowest BCUT2D eigenvalue weighted by Crippen LogP contribution is -1.98. The van der Waals surface area contributed by atoms with Gasteiger partial charge in [-0.25, -0.2) is 0 Å². The third-order valence-electron chi connectivity index (χ3n) is 2.32. The highest BCUT2D eigenvalue weighted by atomic mass is 16.4. The second-order valence-corrected chi connectivity index (χ2v) is 4.14. The molecule has 0 aliphatic rings. The summed E-state index contributed by atoms with van der Waals surface area (Å²) in [6, 6.07) is 0. The van der Waals surface area contributed by atoms with Crippen LogP contribution in [-0.2, 0) is 4.79 Å². The van der Waals surface area contributed by atoms with E-state index < -0.39 is 12.1 Å². The number of carboxylic acids is 1. The van der Waals surface area contributed by atoms with E-state index in [0.29, 0.717) is 12.8 Å². The Bertz CT molecular complexity index is 338. The minimum atomic E-state index is -0.769. The van der Waals surface area contributed by atoms with E-state index in [2.05, 4.69) is 6.92 Å². The molecule has 0 saturated carbocycles. The van der Waals surface area contributed by atoms with Crippen molar-refractivity contribution in [3.63, 3.8) is 0 Å². The Morgan fingerprint density at radius 1 is 1.11 bits per heavy atom. The fourth-order valence-corrected chi connectivity index (χ4v) is 1.33. The molecule has 0 aliphatic heterocycles. The number of carbonyl (C=O) groups is 1. The van der Waals surface area contributed by atoms with Gasteiger partial charge >= 0.3 is 5.97 Å². The molecule has 0 aliphatic carbocycles. The summed E-state index contributed by atoms with van der Waals surface area (Å²) in [5.74, 6) is -0.769. The van der Waals surface area contributed by atoms with E-state index in [4.69, 9.17) is 5.11 Å². The van der Waals surface area contributed by atoms with Crippen LogP contribution in [0.2, 0.25) is 0 Å². The second-order valence-electron chi connectivity index (χ2n) is 4.14. The van der Waals surface area contributed by atoms with Gasteiger partial charge in [-0.1, -0.05) is 55.5 Å². The lowest BCUT2D eigenvalue weighted by molar-refractivity contribution is -0.136. The highest BCUT2D eigenvalue weighted by Gasteiger charge is 1.92. The van der Waals surface area contributed by atoms with Crippen LogP contribution >= 0.6 is 0 Å². The van der Waals surface area contributed by atoms with Gasteiger partial charge in [0.25, 0.3) is 0 Å². The lowest BCUT2D eigenvalue weighted by atomic mass is 10.2. The van der Waals surface area contributed by atoms with Crippen LogP contribution < -0.4 is 0 Å². The van der Waals surface area contributed by atoms with Gasteiger partial charge in [0.05, 0.1) is 6.10 Å². The molecule has 1 unspecified atom stereocenters. The number of hydrogen-bond acceptors (Lipinski definition) is 2. The van der Waals surface area contributed by atoms with Gasteiger partial charge in [0, 0.05) is 6.42 Å². The summed E-state index contributed by atoms with van der Waals surface area (Å²) in [4.78, 5) is 10.2. The number of rotatable bonds is 10. The summed E-state index contributed by atoms with van der Waals surface area (Å²) >= 11 is 0. The number of aliphatic hydroxyl groups excluding tert-OH is 1. The maximum absolute atomic E-state index is 10.2. The molecule has 2 N–H and O–H groups in total. The smallest absolute Gasteiger partial charge is 0.303 e. The number of aliphatic carboxylic acids is 1. The van der Waals surface area contributed by atoms with Crippen LogP contribution in [0.4, 0.5) is 0 Å². The first-order chi connectivity index (χ1) is 9.16. The quantitative estimate of drug-likeness (QED) is 0.468. The first kappa shape index (κ1) is 17.4. The molecule has 3 nitrogen and oxygen atoms in total. The first-order valence-electron chi connectivity index (χ1n) is 6.70. The zero-order valence-corrected chi connectivity index (χ0v) is 11.5. The molecule has 0 rings (SSSR count). The van der Waals surface area contributed by atoms with E-state index in [1.807, 2.05) is 42.5 Å². The number of carboxylic acid groups (broad SMARTS) is 1. The summed E-state index contributed by atoms with van der Waals surface area (Å²) in [6.07, 6.45) is 18.0. The molecule has 1 atom stereocenters. The zero-order chi connectivity index (χ0) is 14.3. The van der Waals surface area contributed by atoms with E-state index in [0.717, 1.165) is 12.8 Å². The average molecular weight is 264 g/mol. The molecule has 0 aromatic carbocycles. The Kier molecular flexibility index (Phi) is 11.7. The molecule has 0 amide bonds. The fourth-order valence-electron chi connectivity index (χ4n) is 1.33. The molecule has 106 valence electrons. The van der Waals surface area contributed by atoms with Crippen LogP contribution in [0.3, 0.4) is 0 Å². The van der Waals surface area contributed by atoms with E-state index in [9.17, 15) is 9.90 Å². The average Bonchev–Trinajstić information content (AvgIpc) is 2.36. The maximum atomic E-state index is 10.2. The molecule has 0 radical (unpaired) electrons. The molecule has 0 saturated heterocycles. The molecule has 0 spiro atoms. The lowest BCUT2D eigenvalue weighted by Gasteiger charge is -1.98. The van der Waals surface area contributed by atoms with Crippen LogP contribution in [0.25, 0.3) is 0 Å². The highest BCUT2D eigenvalue weighted by Crippen LogP contribution is 1.98. The minimum absolute atomic E-state index is 0.178. The Morgan fingerprint density at radius 2 is 1.89 bits per heavy atom. The van der Waals surface area contributed by atoms with Gasteiger partial charge in [-0.3, -0.25) is 4.79 Å². The van der Waals surface area contributed by atoms with Crippen LogP contribution in [0.15, 0.2) is 48.6 Å². The van der Waals surface area contributed by atoms with E-state index >= 15 is 0 Å². The first-order valence-corrected chi connectivity index (χ1v) is 6.70. The van der Waals surface area contributed by atoms with Crippen LogP contribution in [-0.4, -0.2) is 22.3 Å². The largest absolute Gasteiger partial charge is 0.481 e. The zero-order valence-electron chi connectivity index (χ0n) is 11.5. The summed E-state index contributed by atoms with van der Waals surface area (Å²) in [7, 11) is 0. The number of allylic oxidation sites excluding steroid dienone is 6. The number of hydrogen-bond donors (Lipinski definition) is 2. The molecular weight excluding hydrogens is 240 g/mol. The Balaban J connectivity index is 3.66. The van der Waals surface area contributed by atoms with Crippen LogP contribution in [0.5, 0.6) is 0 Å². The summed E-state index contributed by atoms with van der Waals surface area (Å²) in [5, 5.41) is 18.0. The van der Waals surface area contributed by atoms with Crippen molar-refractivity contribution in [1.29, 1.82) is 0 Å². The van der Waals surface area contributed by atoms with Crippen molar-refractivity contribution in [2.24, 2.45) is 0 Å². The van der Waals surface area contributed by atoms with Crippen molar-refractivity contribution in [2.45, 2.75) is 45.1 Å². The molecule has 19 heavy (non-hydrogen) atoms. The topological polar surface area (TPSA) is 57.5 Å². The molecule has 0 heterocycles. The predicted molar refractivity (Wildman–Crippen MR) is 79.0 cm³/mol. The molecular formula is C16H24O3. The van der Waals surface area contributed by atoms with Crippen LogP contribution in [0.1, 0.15) is 39.0 Å². The second kappa shape index (κ2) is 12.8. The third kappa shape index (κ3) is 14.3. The maximum Gasteiger partial charge on any atom is 0.303 e. The SMILES string of the molecule is CCC=CCC(O)C=CC=CCC=CCCC(=O)O. The molecule has 0 fully saturated rings. The standard InChI is InChI=1S/C16H24O3/c1-2-3-9-12-15(17)13-10-7-5-4-6-8-11-14-16(18)19/h3,5-10,13,15,17H,2,4,11-12,14H2,1H3,(H,18,19). The van der Waals surface area contributed by atoms with E-state index in [-0.39, 0.29) is 6.42 Å². The van der Waals surface area contributed by atoms with E-state index in [1.54, 1.807) is 6.08 Å². The summed E-state index contributed by atoms with van der Waals surface area (Å²) < 4.78 is 0. The predicted octanol–water partition coefficient (Wildman–Crippen LogP) is 3.63. The normalized spacial score (nSPS) is 14.2. The van der Waals surface area contributed by atoms with Crippen molar-refractivity contribution in [2.75, 3.05) is 0 Å². The highest BCUT2D eigenvalue weighted by molar-refractivity contribution is 5.66. The molecule has 3 heteroatoms. The van der Waals surface area contributed by atoms with Gasteiger partial charge < -0.3 is 10.2 Å². The Hall–Kier alpha value is -1.61. The molecule has 0 bridgehead atoms. The van der Waals surface area contributed by atoms with Crippen molar-refractivity contribution in [3.8, 4) is 0 Å². The van der Waals surface area contributed by atoms with Gasteiger partial charge in [-0.2, -0.15) is 0 Å². The minimum Gasteiger partial charge on any atom is -0.481 e.